The first-order chi connectivity index (χ1) is 12.1. The van der Waals surface area contributed by atoms with E-state index < -0.39 is 12.1 Å². The maximum Gasteiger partial charge on any atom is 0.409 e. The molecule has 8 heteroatoms. The first-order valence-electron chi connectivity index (χ1n) is 8.14. The predicted octanol–water partition coefficient (Wildman–Crippen LogP) is 2.31. The molecule has 1 atom stereocenters. The van der Waals surface area contributed by atoms with Crippen molar-refractivity contribution in [2.24, 2.45) is 0 Å². The highest BCUT2D eigenvalue weighted by Crippen LogP contribution is 2.25. The molecule has 0 spiro atoms. The predicted molar refractivity (Wildman–Crippen MR) is 91.5 cm³/mol. The van der Waals surface area contributed by atoms with Crippen molar-refractivity contribution in [2.75, 3.05) is 32.1 Å². The standard InChI is InChI=1S/C17H22N4O4/c1-3-25-15-7-6-12(10-18)9-14(15)20-16(22)19-13-5-4-8-21(11-13)17(23)24-2/h6-7,9,13H,3-5,8,11H2,1-2H3,(H2,19,20,22)/t13-/m1/s1. The van der Waals surface area contributed by atoms with E-state index in [-0.39, 0.29) is 6.04 Å². The van der Waals surface area contributed by atoms with Crippen LogP contribution in [0.15, 0.2) is 18.2 Å². The lowest BCUT2D eigenvalue weighted by Gasteiger charge is -2.32. The zero-order valence-corrected chi connectivity index (χ0v) is 14.4. The van der Waals surface area contributed by atoms with Gasteiger partial charge in [0.25, 0.3) is 0 Å². The molecule has 1 aromatic carbocycles. The number of methoxy groups -OCH3 is 1. The number of carbonyl (C=O) groups is 2. The Balaban J connectivity index is 2.00. The summed E-state index contributed by atoms with van der Waals surface area (Å²) in [5.74, 6) is 0.497. The third-order valence-corrected chi connectivity index (χ3v) is 3.85. The van der Waals surface area contributed by atoms with Crippen LogP contribution in [0.4, 0.5) is 15.3 Å². The van der Waals surface area contributed by atoms with Gasteiger partial charge in [-0.15, -0.1) is 0 Å². The number of benzene rings is 1. The van der Waals surface area contributed by atoms with E-state index in [2.05, 4.69) is 10.6 Å². The molecule has 0 bridgehead atoms. The van der Waals surface area contributed by atoms with Crippen LogP contribution in [0.2, 0.25) is 0 Å². The summed E-state index contributed by atoms with van der Waals surface area (Å²) in [5.41, 5.74) is 0.854. The van der Waals surface area contributed by atoms with Crippen LogP contribution < -0.4 is 15.4 Å². The van der Waals surface area contributed by atoms with Gasteiger partial charge in [-0.25, -0.2) is 9.59 Å². The Kier molecular flexibility index (Phi) is 6.46. The highest BCUT2D eigenvalue weighted by Gasteiger charge is 2.25. The quantitative estimate of drug-likeness (QED) is 0.871. The Morgan fingerprint density at radius 1 is 1.44 bits per heavy atom. The molecular weight excluding hydrogens is 324 g/mol. The summed E-state index contributed by atoms with van der Waals surface area (Å²) >= 11 is 0. The van der Waals surface area contributed by atoms with Gasteiger partial charge in [-0.2, -0.15) is 5.26 Å². The molecule has 3 amide bonds. The second-order valence-electron chi connectivity index (χ2n) is 5.61. The van der Waals surface area contributed by atoms with Crippen molar-refractivity contribution in [3.8, 4) is 11.8 Å². The molecule has 25 heavy (non-hydrogen) atoms. The molecule has 1 aliphatic heterocycles. The molecule has 1 aromatic rings. The molecular formula is C17H22N4O4. The molecule has 1 aliphatic rings. The number of nitrogens with one attached hydrogen (secondary N) is 2. The fourth-order valence-corrected chi connectivity index (χ4v) is 2.71. The molecule has 2 N–H and O–H groups in total. The van der Waals surface area contributed by atoms with Crippen LogP contribution in [0.3, 0.4) is 0 Å². The van der Waals surface area contributed by atoms with Gasteiger partial charge in [0.2, 0.25) is 0 Å². The second kappa shape index (κ2) is 8.78. The summed E-state index contributed by atoms with van der Waals surface area (Å²) < 4.78 is 10.2. The molecule has 134 valence electrons. The van der Waals surface area contributed by atoms with Crippen molar-refractivity contribution in [1.82, 2.24) is 10.2 Å². The lowest BCUT2D eigenvalue weighted by Crippen LogP contribution is -2.50. The Bertz CT molecular complexity index is 671. The lowest BCUT2D eigenvalue weighted by molar-refractivity contribution is 0.108. The van der Waals surface area contributed by atoms with E-state index >= 15 is 0 Å². The SMILES string of the molecule is CCOc1ccc(C#N)cc1NC(=O)N[C@@H]1CCCN(C(=O)OC)C1. The number of carbonyl (C=O) groups excluding carboxylic acids is 2. The normalized spacial score (nSPS) is 16.5. The van der Waals surface area contributed by atoms with E-state index in [9.17, 15) is 9.59 Å². The number of nitrogens with zero attached hydrogens (tertiary/aromatic N) is 2. The van der Waals surface area contributed by atoms with Crippen LogP contribution >= 0.6 is 0 Å². The zero-order valence-electron chi connectivity index (χ0n) is 14.4. The van der Waals surface area contributed by atoms with Crippen LogP contribution in [-0.4, -0.2) is 49.9 Å². The summed E-state index contributed by atoms with van der Waals surface area (Å²) in [6.45, 7) is 3.30. The molecule has 8 nitrogen and oxygen atoms in total. The zero-order chi connectivity index (χ0) is 18.2. The highest BCUT2D eigenvalue weighted by atomic mass is 16.5. The third kappa shape index (κ3) is 5.01. The van der Waals surface area contributed by atoms with Gasteiger partial charge in [-0.3, -0.25) is 0 Å². The number of urea groups is 1. The average Bonchev–Trinajstić information content (AvgIpc) is 2.62. The van der Waals surface area contributed by atoms with Crippen LogP contribution in [-0.2, 0) is 4.74 Å². The monoisotopic (exact) mass is 346 g/mol. The van der Waals surface area contributed by atoms with Crippen molar-refractivity contribution in [3.05, 3.63) is 23.8 Å². The summed E-state index contributed by atoms with van der Waals surface area (Å²) in [6.07, 6.45) is 1.17. The Morgan fingerprint density at radius 2 is 2.24 bits per heavy atom. The van der Waals surface area contributed by atoms with Crippen molar-refractivity contribution in [1.29, 1.82) is 5.26 Å². The summed E-state index contributed by atoms with van der Waals surface area (Å²) in [7, 11) is 1.34. The number of nitriles is 1. The minimum Gasteiger partial charge on any atom is -0.492 e. The fourth-order valence-electron chi connectivity index (χ4n) is 2.71. The molecule has 1 fully saturated rings. The van der Waals surface area contributed by atoms with Crippen molar-refractivity contribution >= 4 is 17.8 Å². The van der Waals surface area contributed by atoms with Gasteiger partial charge in [0.15, 0.2) is 0 Å². The number of amides is 3. The van der Waals surface area contributed by atoms with Crippen molar-refractivity contribution in [2.45, 2.75) is 25.8 Å². The molecule has 0 aliphatic carbocycles. The minimum atomic E-state index is -0.409. The number of anilines is 1. The Labute approximate surface area is 146 Å². The smallest absolute Gasteiger partial charge is 0.409 e. The van der Waals surface area contributed by atoms with Gasteiger partial charge < -0.3 is 25.0 Å². The molecule has 1 saturated heterocycles. The minimum absolute atomic E-state index is 0.164. The van der Waals surface area contributed by atoms with Crippen LogP contribution in [0.5, 0.6) is 5.75 Å². The van der Waals surface area contributed by atoms with E-state index in [4.69, 9.17) is 14.7 Å². The van der Waals surface area contributed by atoms with E-state index in [1.54, 1.807) is 23.1 Å². The Morgan fingerprint density at radius 3 is 2.92 bits per heavy atom. The van der Waals surface area contributed by atoms with Crippen molar-refractivity contribution < 1.29 is 19.1 Å². The van der Waals surface area contributed by atoms with E-state index in [0.29, 0.717) is 36.7 Å². The largest absolute Gasteiger partial charge is 0.492 e. The summed E-state index contributed by atoms with van der Waals surface area (Å²) in [4.78, 5) is 25.5. The maximum atomic E-state index is 12.3. The maximum absolute atomic E-state index is 12.3. The van der Waals surface area contributed by atoms with Gasteiger partial charge in [-0.05, 0) is 38.0 Å². The molecule has 0 saturated carbocycles. The molecule has 0 unspecified atom stereocenters. The van der Waals surface area contributed by atoms with Crippen LogP contribution in [0, 0.1) is 11.3 Å². The van der Waals surface area contributed by atoms with Gasteiger partial charge in [0.1, 0.15) is 5.75 Å². The molecule has 0 aromatic heterocycles. The number of hydrogen-bond acceptors (Lipinski definition) is 5. The van der Waals surface area contributed by atoms with Crippen LogP contribution in [0.1, 0.15) is 25.3 Å². The van der Waals surface area contributed by atoms with Gasteiger partial charge >= 0.3 is 12.1 Å². The van der Waals surface area contributed by atoms with Gasteiger partial charge in [-0.1, -0.05) is 0 Å². The first-order valence-corrected chi connectivity index (χ1v) is 8.14. The van der Waals surface area contributed by atoms with E-state index in [1.807, 2.05) is 13.0 Å². The highest BCUT2D eigenvalue weighted by molar-refractivity contribution is 5.91. The summed E-state index contributed by atoms with van der Waals surface area (Å²) in [6, 6.07) is 6.30. The fraction of sp³-hybridized carbons (Fsp3) is 0.471. The van der Waals surface area contributed by atoms with Crippen LogP contribution in [0.25, 0.3) is 0 Å². The second-order valence-corrected chi connectivity index (χ2v) is 5.61. The Hall–Kier alpha value is -2.95. The number of likely N-dealkylation sites (tertiary alicyclic amines) is 1. The lowest BCUT2D eigenvalue weighted by atomic mass is 10.1. The topological polar surface area (TPSA) is 104 Å². The van der Waals surface area contributed by atoms with Gasteiger partial charge in [0, 0.05) is 19.1 Å². The number of rotatable bonds is 4. The molecule has 0 radical (unpaired) electrons. The molecule has 1 heterocycles. The number of hydrogen-bond donors (Lipinski definition) is 2. The van der Waals surface area contributed by atoms with E-state index in [1.165, 1.54) is 7.11 Å². The first kappa shape index (κ1) is 18.4. The molecule has 2 rings (SSSR count). The van der Waals surface area contributed by atoms with Crippen molar-refractivity contribution in [3.63, 3.8) is 0 Å². The third-order valence-electron chi connectivity index (χ3n) is 3.85. The van der Waals surface area contributed by atoms with Gasteiger partial charge in [0.05, 0.1) is 31.0 Å². The average molecular weight is 346 g/mol. The summed E-state index contributed by atoms with van der Waals surface area (Å²) in [5, 5.41) is 14.6. The number of ether oxygens (including phenoxy) is 2. The number of piperidine rings is 1. The van der Waals surface area contributed by atoms with E-state index in [0.717, 1.165) is 12.8 Å².